The molecule has 7 heteroatoms. The molecule has 1 aliphatic heterocycles. The average Bonchev–Trinajstić information content (AvgIpc) is 2.90. The Hall–Kier alpha value is -2.28. The van der Waals surface area contributed by atoms with Crippen LogP contribution in [0.4, 0.5) is 10.2 Å². The van der Waals surface area contributed by atoms with E-state index < -0.39 is 11.9 Å². The van der Waals surface area contributed by atoms with Gasteiger partial charge in [-0.1, -0.05) is 6.07 Å². The Balaban J connectivity index is 1.67. The van der Waals surface area contributed by atoms with Crippen molar-refractivity contribution in [2.24, 2.45) is 0 Å². The fraction of sp³-hybridized carbons (Fsp3) is 0.400. The predicted octanol–water partition coefficient (Wildman–Crippen LogP) is 1.16. The first-order chi connectivity index (χ1) is 10.6. The van der Waals surface area contributed by atoms with Crippen molar-refractivity contribution in [2.75, 3.05) is 25.0 Å². The van der Waals surface area contributed by atoms with Crippen LogP contribution in [0.2, 0.25) is 0 Å². The van der Waals surface area contributed by atoms with Crippen LogP contribution < -0.4 is 5.32 Å². The van der Waals surface area contributed by atoms with Crippen LogP contribution in [0, 0.1) is 5.82 Å². The number of carbonyl (C=O) groups is 1. The molecule has 116 valence electrons. The van der Waals surface area contributed by atoms with Gasteiger partial charge in [0.15, 0.2) is 0 Å². The topological polar surface area (TPSA) is 78.4 Å². The van der Waals surface area contributed by atoms with Gasteiger partial charge in [0.1, 0.15) is 18.0 Å². The molecule has 1 aromatic heterocycles. The lowest BCUT2D eigenvalue weighted by molar-refractivity contribution is -0.128. The number of halogens is 1. The van der Waals surface area contributed by atoms with E-state index in [1.165, 1.54) is 12.4 Å². The molecule has 1 amide bonds. The molecule has 0 aliphatic carbocycles. The van der Waals surface area contributed by atoms with Crippen molar-refractivity contribution in [3.05, 3.63) is 30.3 Å². The number of hydrogen-bond acceptors (Lipinski definition) is 5. The summed E-state index contributed by atoms with van der Waals surface area (Å²) < 4.78 is 13.9. The summed E-state index contributed by atoms with van der Waals surface area (Å²) in [5.41, 5.74) is 0.502. The van der Waals surface area contributed by atoms with Gasteiger partial charge in [0.2, 0.25) is 5.91 Å². The quantitative estimate of drug-likeness (QED) is 0.867. The van der Waals surface area contributed by atoms with Gasteiger partial charge in [0.25, 0.3) is 0 Å². The Kier molecular flexibility index (Phi) is 4.15. The van der Waals surface area contributed by atoms with Crippen molar-refractivity contribution in [1.82, 2.24) is 14.9 Å². The summed E-state index contributed by atoms with van der Waals surface area (Å²) in [6, 6.07) is 4.63. The van der Waals surface area contributed by atoms with Gasteiger partial charge in [-0.2, -0.15) is 0 Å². The number of β-amino-alcohol motifs (C(OH)–C–C–N with tert-alkyl or cyclic N) is 1. The summed E-state index contributed by atoms with van der Waals surface area (Å²) >= 11 is 0. The fourth-order valence-corrected chi connectivity index (χ4v) is 2.63. The first-order valence-electron chi connectivity index (χ1n) is 7.24. The molecule has 1 atom stereocenters. The van der Waals surface area contributed by atoms with Crippen LogP contribution in [0.25, 0.3) is 10.9 Å². The number of hydrogen-bond donors (Lipinski definition) is 2. The minimum atomic E-state index is -0.737. The minimum Gasteiger partial charge on any atom is -0.389 e. The zero-order chi connectivity index (χ0) is 15.5. The molecule has 0 unspecified atom stereocenters. The number of carbonyl (C=O) groups excluding carboxylic acids is 1. The first-order valence-corrected chi connectivity index (χ1v) is 7.24. The van der Waals surface area contributed by atoms with E-state index >= 15 is 0 Å². The van der Waals surface area contributed by atoms with Crippen molar-refractivity contribution >= 4 is 22.6 Å². The molecule has 1 aliphatic rings. The predicted molar refractivity (Wildman–Crippen MR) is 79.8 cm³/mol. The number of anilines is 1. The number of likely N-dealkylation sites (tertiary alicyclic amines) is 1. The van der Waals surface area contributed by atoms with E-state index in [1.807, 2.05) is 0 Å². The molecule has 1 aromatic carbocycles. The van der Waals surface area contributed by atoms with E-state index in [0.717, 1.165) is 6.42 Å². The molecule has 0 spiro atoms. The van der Waals surface area contributed by atoms with Crippen LogP contribution >= 0.6 is 0 Å². The fourth-order valence-electron chi connectivity index (χ4n) is 2.63. The summed E-state index contributed by atoms with van der Waals surface area (Å²) in [6.45, 7) is 1.14. The van der Waals surface area contributed by atoms with E-state index in [0.29, 0.717) is 29.7 Å². The van der Waals surface area contributed by atoms with Crippen molar-refractivity contribution in [3.8, 4) is 0 Å². The smallest absolute Gasteiger partial charge is 0.222 e. The third-order valence-electron chi connectivity index (χ3n) is 3.72. The average molecular weight is 304 g/mol. The molecule has 0 saturated carbocycles. The summed E-state index contributed by atoms with van der Waals surface area (Å²) in [7, 11) is 0. The third kappa shape index (κ3) is 2.99. The maximum absolute atomic E-state index is 13.9. The van der Waals surface area contributed by atoms with Crippen LogP contribution in [0.15, 0.2) is 24.5 Å². The molecule has 2 heterocycles. The molecular weight excluding hydrogens is 287 g/mol. The Morgan fingerprint density at radius 1 is 1.41 bits per heavy atom. The summed E-state index contributed by atoms with van der Waals surface area (Å²) in [4.78, 5) is 21.2. The van der Waals surface area contributed by atoms with Crippen molar-refractivity contribution < 1.29 is 14.3 Å². The Bertz CT molecular complexity index is 689. The van der Waals surface area contributed by atoms with E-state index in [-0.39, 0.29) is 19.0 Å². The summed E-state index contributed by atoms with van der Waals surface area (Å²) in [5.74, 6) is -0.00251. The second-order valence-corrected chi connectivity index (χ2v) is 5.33. The van der Waals surface area contributed by atoms with Gasteiger partial charge in [0.05, 0.1) is 17.0 Å². The third-order valence-corrected chi connectivity index (χ3v) is 3.72. The molecule has 1 saturated heterocycles. The molecule has 2 N–H and O–H groups in total. The van der Waals surface area contributed by atoms with Crippen LogP contribution in [-0.4, -0.2) is 51.6 Å². The second-order valence-electron chi connectivity index (χ2n) is 5.33. The second kappa shape index (κ2) is 6.23. The molecule has 3 rings (SSSR count). The SMILES string of the molecule is O=C1CCCN1C[C@H](O)CNc1ncnc2cccc(F)c12. The number of nitrogens with one attached hydrogen (secondary N) is 1. The maximum Gasteiger partial charge on any atom is 0.222 e. The van der Waals surface area contributed by atoms with E-state index in [2.05, 4.69) is 15.3 Å². The zero-order valence-electron chi connectivity index (χ0n) is 12.0. The van der Waals surface area contributed by atoms with Gasteiger partial charge < -0.3 is 15.3 Å². The highest BCUT2D eigenvalue weighted by Gasteiger charge is 2.22. The van der Waals surface area contributed by atoms with Crippen molar-refractivity contribution in [3.63, 3.8) is 0 Å². The van der Waals surface area contributed by atoms with Crippen molar-refractivity contribution in [2.45, 2.75) is 18.9 Å². The molecule has 0 bridgehead atoms. The van der Waals surface area contributed by atoms with Crippen molar-refractivity contribution in [1.29, 1.82) is 0 Å². The summed E-state index contributed by atoms with van der Waals surface area (Å²) in [6.07, 6.45) is 1.99. The molecule has 0 radical (unpaired) electrons. The van der Waals surface area contributed by atoms with Crippen LogP contribution in [0.3, 0.4) is 0 Å². The highest BCUT2D eigenvalue weighted by molar-refractivity contribution is 5.89. The van der Waals surface area contributed by atoms with Gasteiger partial charge in [0, 0.05) is 26.1 Å². The number of aliphatic hydroxyl groups is 1. The monoisotopic (exact) mass is 304 g/mol. The first kappa shape index (κ1) is 14.6. The molecule has 2 aromatic rings. The molecule has 22 heavy (non-hydrogen) atoms. The number of fused-ring (bicyclic) bond motifs is 1. The largest absolute Gasteiger partial charge is 0.389 e. The van der Waals surface area contributed by atoms with Crippen LogP contribution in [0.1, 0.15) is 12.8 Å². The van der Waals surface area contributed by atoms with E-state index in [1.54, 1.807) is 17.0 Å². The lowest BCUT2D eigenvalue weighted by Crippen LogP contribution is -2.36. The normalized spacial score (nSPS) is 16.3. The van der Waals surface area contributed by atoms with Gasteiger partial charge in [-0.25, -0.2) is 14.4 Å². The number of rotatable bonds is 5. The minimum absolute atomic E-state index is 0.0672. The standard InChI is InChI=1S/C15H17FN4O2/c16-11-3-1-4-12-14(11)15(19-9-18-12)17-7-10(21)8-20-6-2-5-13(20)22/h1,3-4,9-10,21H,2,5-8H2,(H,17,18,19)/t10-/m1/s1. The number of aromatic nitrogens is 2. The van der Waals surface area contributed by atoms with E-state index in [4.69, 9.17) is 0 Å². The maximum atomic E-state index is 13.9. The zero-order valence-corrected chi connectivity index (χ0v) is 12.0. The summed E-state index contributed by atoms with van der Waals surface area (Å²) in [5, 5.41) is 13.3. The number of amides is 1. The highest BCUT2D eigenvalue weighted by Crippen LogP contribution is 2.22. The number of nitrogens with zero attached hydrogens (tertiary/aromatic N) is 3. The number of benzene rings is 1. The van der Waals surface area contributed by atoms with Crippen LogP contribution in [-0.2, 0) is 4.79 Å². The van der Waals surface area contributed by atoms with Gasteiger partial charge in [-0.15, -0.1) is 0 Å². The van der Waals surface area contributed by atoms with Gasteiger partial charge in [-0.05, 0) is 18.6 Å². The van der Waals surface area contributed by atoms with Gasteiger partial charge >= 0.3 is 0 Å². The van der Waals surface area contributed by atoms with E-state index in [9.17, 15) is 14.3 Å². The Morgan fingerprint density at radius 2 is 2.27 bits per heavy atom. The lowest BCUT2D eigenvalue weighted by atomic mass is 10.2. The van der Waals surface area contributed by atoms with Gasteiger partial charge in [-0.3, -0.25) is 4.79 Å². The molecular formula is C15H17FN4O2. The molecule has 1 fully saturated rings. The number of aliphatic hydroxyl groups excluding tert-OH is 1. The molecule has 6 nitrogen and oxygen atoms in total. The van der Waals surface area contributed by atoms with Crippen LogP contribution in [0.5, 0.6) is 0 Å². The highest BCUT2D eigenvalue weighted by atomic mass is 19.1. The Morgan fingerprint density at radius 3 is 3.05 bits per heavy atom. The Labute approximate surface area is 127 Å². The lowest BCUT2D eigenvalue weighted by Gasteiger charge is -2.20.